The van der Waals surface area contributed by atoms with Gasteiger partial charge in [0.1, 0.15) is 5.75 Å². The van der Waals surface area contributed by atoms with Gasteiger partial charge in [-0.05, 0) is 33.9 Å². The first-order chi connectivity index (χ1) is 8.57. The Balaban J connectivity index is 3.39. The molecule has 0 aromatic heterocycles. The second kappa shape index (κ2) is 5.54. The zero-order valence-electron chi connectivity index (χ0n) is 13.4. The molecule has 0 aliphatic rings. The number of aromatic hydroxyl groups is 1. The fourth-order valence-electron chi connectivity index (χ4n) is 2.20. The molecule has 0 bridgehead atoms. The van der Waals surface area contributed by atoms with Gasteiger partial charge in [0.05, 0.1) is 6.61 Å². The Labute approximate surface area is 117 Å². The van der Waals surface area contributed by atoms with Gasteiger partial charge in [-0.1, -0.05) is 53.7 Å². The van der Waals surface area contributed by atoms with Gasteiger partial charge < -0.3 is 9.84 Å². The van der Waals surface area contributed by atoms with Gasteiger partial charge in [-0.3, -0.25) is 0 Å². The molecule has 0 amide bonds. The summed E-state index contributed by atoms with van der Waals surface area (Å²) >= 11 is 0. The van der Waals surface area contributed by atoms with Crippen LogP contribution in [0.3, 0.4) is 0 Å². The second-order valence-electron chi connectivity index (χ2n) is 7.28. The van der Waals surface area contributed by atoms with Crippen LogP contribution in [0.25, 0.3) is 0 Å². The third-order valence-corrected chi connectivity index (χ3v) is 3.38. The van der Waals surface area contributed by atoms with E-state index in [1.165, 1.54) is 5.56 Å². The normalized spacial score (nSPS) is 12.8. The Morgan fingerprint density at radius 3 is 1.68 bits per heavy atom. The molecule has 0 aliphatic heterocycles. The smallest absolute Gasteiger partial charge is 0.123 e. The predicted octanol–water partition coefficient (Wildman–Crippen LogP) is 4.18. The molecule has 1 aromatic rings. The minimum atomic E-state index is -0.0623. The summed E-state index contributed by atoms with van der Waals surface area (Å²) in [5.41, 5.74) is 3.15. The zero-order valence-corrected chi connectivity index (χ0v) is 13.4. The quantitative estimate of drug-likeness (QED) is 0.887. The number of methoxy groups -OCH3 is 1. The molecule has 2 heteroatoms. The summed E-state index contributed by atoms with van der Waals surface area (Å²) in [5.74, 6) is 0.446. The maximum Gasteiger partial charge on any atom is 0.123 e. The van der Waals surface area contributed by atoms with Crippen molar-refractivity contribution in [2.75, 3.05) is 13.7 Å². The van der Waals surface area contributed by atoms with Crippen molar-refractivity contribution < 1.29 is 9.84 Å². The van der Waals surface area contributed by atoms with Crippen LogP contribution in [0, 0.1) is 0 Å². The van der Waals surface area contributed by atoms with E-state index in [0.717, 1.165) is 17.5 Å². The highest BCUT2D eigenvalue weighted by molar-refractivity contribution is 5.49. The Bertz CT molecular complexity index is 399. The molecule has 0 atom stereocenters. The van der Waals surface area contributed by atoms with E-state index >= 15 is 0 Å². The lowest BCUT2D eigenvalue weighted by molar-refractivity contribution is 0.202. The number of phenols is 1. The first-order valence-electron chi connectivity index (χ1n) is 6.93. The third-order valence-electron chi connectivity index (χ3n) is 3.38. The highest BCUT2D eigenvalue weighted by atomic mass is 16.5. The van der Waals surface area contributed by atoms with Gasteiger partial charge in [-0.15, -0.1) is 0 Å². The van der Waals surface area contributed by atoms with Crippen molar-refractivity contribution in [1.29, 1.82) is 0 Å². The van der Waals surface area contributed by atoms with E-state index in [0.29, 0.717) is 12.4 Å². The first-order valence-corrected chi connectivity index (χ1v) is 6.93. The summed E-state index contributed by atoms with van der Waals surface area (Å²) < 4.78 is 5.16. The van der Waals surface area contributed by atoms with Crippen LogP contribution in [-0.4, -0.2) is 18.8 Å². The molecule has 0 heterocycles. The SMILES string of the molecule is COCCc1cc(C(C)(C)C)c(O)c(C(C)(C)C)c1. The van der Waals surface area contributed by atoms with Crippen LogP contribution in [-0.2, 0) is 22.0 Å². The Morgan fingerprint density at radius 2 is 1.37 bits per heavy atom. The standard InChI is InChI=1S/C17H28O2/c1-16(2,3)13-10-12(8-9-19-7)11-14(15(13)18)17(4,5)6/h10-11,18H,8-9H2,1-7H3. The zero-order chi connectivity index (χ0) is 14.8. The number of hydrogen-bond acceptors (Lipinski definition) is 2. The minimum absolute atomic E-state index is 0.0623. The Hall–Kier alpha value is -1.02. The molecule has 0 fully saturated rings. The number of hydrogen-bond donors (Lipinski definition) is 1. The largest absolute Gasteiger partial charge is 0.507 e. The molecule has 2 nitrogen and oxygen atoms in total. The average molecular weight is 264 g/mol. The van der Waals surface area contributed by atoms with E-state index in [4.69, 9.17) is 4.74 Å². The van der Waals surface area contributed by atoms with Crippen LogP contribution >= 0.6 is 0 Å². The topological polar surface area (TPSA) is 29.5 Å². The molecule has 0 unspecified atom stereocenters. The van der Waals surface area contributed by atoms with Crippen LogP contribution in [0.5, 0.6) is 5.75 Å². The van der Waals surface area contributed by atoms with Gasteiger partial charge >= 0.3 is 0 Å². The van der Waals surface area contributed by atoms with E-state index in [9.17, 15) is 5.11 Å². The van der Waals surface area contributed by atoms with E-state index < -0.39 is 0 Å². The van der Waals surface area contributed by atoms with Gasteiger partial charge in [-0.25, -0.2) is 0 Å². The van der Waals surface area contributed by atoms with Gasteiger partial charge in [0.25, 0.3) is 0 Å². The van der Waals surface area contributed by atoms with Crippen molar-refractivity contribution in [3.8, 4) is 5.75 Å². The van der Waals surface area contributed by atoms with E-state index in [1.54, 1.807) is 7.11 Å². The van der Waals surface area contributed by atoms with E-state index in [1.807, 2.05) is 0 Å². The Morgan fingerprint density at radius 1 is 0.947 bits per heavy atom. The highest BCUT2D eigenvalue weighted by Crippen LogP contribution is 2.39. The first kappa shape index (κ1) is 16.0. The second-order valence-corrected chi connectivity index (χ2v) is 7.28. The summed E-state index contributed by atoms with van der Waals surface area (Å²) in [6.07, 6.45) is 0.878. The van der Waals surface area contributed by atoms with Crippen molar-refractivity contribution in [3.63, 3.8) is 0 Å². The fourth-order valence-corrected chi connectivity index (χ4v) is 2.20. The van der Waals surface area contributed by atoms with Crippen LogP contribution < -0.4 is 0 Å². The monoisotopic (exact) mass is 264 g/mol. The van der Waals surface area contributed by atoms with Gasteiger partial charge in [0, 0.05) is 7.11 Å². The summed E-state index contributed by atoms with van der Waals surface area (Å²) in [5, 5.41) is 10.6. The summed E-state index contributed by atoms with van der Waals surface area (Å²) in [4.78, 5) is 0. The van der Waals surface area contributed by atoms with Gasteiger partial charge in [0.2, 0.25) is 0 Å². The Kier molecular flexibility index (Phi) is 4.67. The molecule has 108 valence electrons. The number of phenolic OH excluding ortho intramolecular Hbond substituents is 1. The van der Waals surface area contributed by atoms with Crippen LogP contribution in [0.4, 0.5) is 0 Å². The maximum absolute atomic E-state index is 10.6. The molecule has 0 saturated heterocycles. The van der Waals surface area contributed by atoms with Crippen molar-refractivity contribution in [2.24, 2.45) is 0 Å². The van der Waals surface area contributed by atoms with Crippen LogP contribution in [0.15, 0.2) is 12.1 Å². The van der Waals surface area contributed by atoms with Crippen molar-refractivity contribution in [1.82, 2.24) is 0 Å². The fraction of sp³-hybridized carbons (Fsp3) is 0.647. The molecule has 1 aromatic carbocycles. The van der Waals surface area contributed by atoms with E-state index in [2.05, 4.69) is 53.7 Å². The van der Waals surface area contributed by atoms with Crippen molar-refractivity contribution in [2.45, 2.75) is 58.8 Å². The number of benzene rings is 1. The molecule has 1 N–H and O–H groups in total. The van der Waals surface area contributed by atoms with Crippen LogP contribution in [0.2, 0.25) is 0 Å². The van der Waals surface area contributed by atoms with Gasteiger partial charge in [0.15, 0.2) is 0 Å². The molecular weight excluding hydrogens is 236 g/mol. The van der Waals surface area contributed by atoms with E-state index in [-0.39, 0.29) is 10.8 Å². The highest BCUT2D eigenvalue weighted by Gasteiger charge is 2.26. The summed E-state index contributed by atoms with van der Waals surface area (Å²) in [6, 6.07) is 4.23. The lowest BCUT2D eigenvalue weighted by Crippen LogP contribution is -2.18. The lowest BCUT2D eigenvalue weighted by atomic mass is 9.78. The number of ether oxygens (including phenoxy) is 1. The molecule has 1 rings (SSSR count). The minimum Gasteiger partial charge on any atom is -0.507 e. The summed E-state index contributed by atoms with van der Waals surface area (Å²) in [6.45, 7) is 13.5. The summed E-state index contributed by atoms with van der Waals surface area (Å²) in [7, 11) is 1.72. The van der Waals surface area contributed by atoms with Gasteiger partial charge in [-0.2, -0.15) is 0 Å². The van der Waals surface area contributed by atoms with Crippen LogP contribution in [0.1, 0.15) is 58.2 Å². The third kappa shape index (κ3) is 3.97. The molecular formula is C17H28O2. The predicted molar refractivity (Wildman–Crippen MR) is 81.1 cm³/mol. The lowest BCUT2D eigenvalue weighted by Gasteiger charge is -2.28. The van der Waals surface area contributed by atoms with Crippen molar-refractivity contribution in [3.05, 3.63) is 28.8 Å². The molecule has 0 aliphatic carbocycles. The number of rotatable bonds is 3. The molecule has 19 heavy (non-hydrogen) atoms. The van der Waals surface area contributed by atoms with Crippen molar-refractivity contribution >= 4 is 0 Å². The average Bonchev–Trinajstić information content (AvgIpc) is 2.24. The molecule has 0 radical (unpaired) electrons. The molecule has 0 saturated carbocycles. The molecule has 0 spiro atoms. The maximum atomic E-state index is 10.6.